The number of methoxy groups -OCH3 is 1. The second kappa shape index (κ2) is 7.81. The SMILES string of the molecule is COCCNc1ccccc1NC(=O)c1ccc(C#N)cc1. The van der Waals surface area contributed by atoms with E-state index in [1.165, 1.54) is 0 Å². The zero-order chi connectivity index (χ0) is 15.8. The maximum absolute atomic E-state index is 12.2. The van der Waals surface area contributed by atoms with Crippen molar-refractivity contribution in [2.45, 2.75) is 0 Å². The van der Waals surface area contributed by atoms with Gasteiger partial charge in [0.15, 0.2) is 0 Å². The molecule has 2 aromatic rings. The molecule has 0 fully saturated rings. The highest BCUT2D eigenvalue weighted by Gasteiger charge is 2.08. The third kappa shape index (κ3) is 4.08. The molecule has 5 heteroatoms. The Morgan fingerprint density at radius 3 is 2.45 bits per heavy atom. The smallest absolute Gasteiger partial charge is 0.255 e. The lowest BCUT2D eigenvalue weighted by Crippen LogP contribution is -2.15. The van der Waals surface area contributed by atoms with Gasteiger partial charge in [-0.1, -0.05) is 12.1 Å². The van der Waals surface area contributed by atoms with E-state index in [4.69, 9.17) is 10.00 Å². The van der Waals surface area contributed by atoms with Gasteiger partial charge < -0.3 is 15.4 Å². The van der Waals surface area contributed by atoms with Crippen molar-refractivity contribution in [1.82, 2.24) is 0 Å². The second-order valence-electron chi connectivity index (χ2n) is 4.61. The van der Waals surface area contributed by atoms with Crippen molar-refractivity contribution in [1.29, 1.82) is 5.26 Å². The summed E-state index contributed by atoms with van der Waals surface area (Å²) in [5.74, 6) is -0.217. The van der Waals surface area contributed by atoms with Crippen LogP contribution >= 0.6 is 0 Å². The van der Waals surface area contributed by atoms with Gasteiger partial charge in [-0.2, -0.15) is 5.26 Å². The van der Waals surface area contributed by atoms with Crippen molar-refractivity contribution in [3.63, 3.8) is 0 Å². The molecule has 2 N–H and O–H groups in total. The van der Waals surface area contributed by atoms with E-state index < -0.39 is 0 Å². The Balaban J connectivity index is 2.09. The van der Waals surface area contributed by atoms with Gasteiger partial charge in [0, 0.05) is 19.2 Å². The van der Waals surface area contributed by atoms with Crippen LogP contribution in [0.1, 0.15) is 15.9 Å². The molecule has 0 spiro atoms. The number of carbonyl (C=O) groups excluding carboxylic acids is 1. The molecule has 0 saturated carbocycles. The fourth-order valence-electron chi connectivity index (χ4n) is 1.92. The fraction of sp³-hybridized carbons (Fsp3) is 0.176. The van der Waals surface area contributed by atoms with Crippen LogP contribution in [0.4, 0.5) is 11.4 Å². The topological polar surface area (TPSA) is 74.2 Å². The Bertz CT molecular complexity index is 675. The minimum atomic E-state index is -0.217. The van der Waals surface area contributed by atoms with Gasteiger partial charge in [-0.05, 0) is 36.4 Å². The molecule has 0 saturated heterocycles. The second-order valence-corrected chi connectivity index (χ2v) is 4.61. The molecule has 0 radical (unpaired) electrons. The van der Waals surface area contributed by atoms with Crippen LogP contribution in [0.3, 0.4) is 0 Å². The van der Waals surface area contributed by atoms with E-state index in [9.17, 15) is 4.79 Å². The highest BCUT2D eigenvalue weighted by Crippen LogP contribution is 2.21. The summed E-state index contributed by atoms with van der Waals surface area (Å²) >= 11 is 0. The number of ether oxygens (including phenoxy) is 1. The number of anilines is 2. The van der Waals surface area contributed by atoms with Crippen molar-refractivity contribution >= 4 is 17.3 Å². The summed E-state index contributed by atoms with van der Waals surface area (Å²) in [6.07, 6.45) is 0. The highest BCUT2D eigenvalue weighted by molar-refractivity contribution is 6.05. The quantitative estimate of drug-likeness (QED) is 0.804. The summed E-state index contributed by atoms with van der Waals surface area (Å²) in [5, 5.41) is 14.8. The summed E-state index contributed by atoms with van der Waals surface area (Å²) in [4.78, 5) is 12.2. The number of para-hydroxylation sites is 2. The van der Waals surface area contributed by atoms with Crippen molar-refractivity contribution < 1.29 is 9.53 Å². The number of hydrogen-bond donors (Lipinski definition) is 2. The maximum atomic E-state index is 12.2. The van der Waals surface area contributed by atoms with Crippen molar-refractivity contribution in [2.24, 2.45) is 0 Å². The molecule has 0 atom stereocenters. The first-order chi connectivity index (χ1) is 10.7. The minimum Gasteiger partial charge on any atom is -0.383 e. The predicted molar refractivity (Wildman–Crippen MR) is 85.9 cm³/mol. The first kappa shape index (κ1) is 15.5. The zero-order valence-electron chi connectivity index (χ0n) is 12.3. The van der Waals surface area contributed by atoms with E-state index in [2.05, 4.69) is 10.6 Å². The largest absolute Gasteiger partial charge is 0.383 e. The van der Waals surface area contributed by atoms with E-state index >= 15 is 0 Å². The number of rotatable bonds is 6. The monoisotopic (exact) mass is 295 g/mol. The van der Waals surface area contributed by atoms with E-state index in [1.807, 2.05) is 30.3 Å². The normalized spacial score (nSPS) is 9.82. The van der Waals surface area contributed by atoms with E-state index in [0.717, 1.165) is 5.69 Å². The zero-order valence-corrected chi connectivity index (χ0v) is 12.3. The molecular formula is C17H17N3O2. The van der Waals surface area contributed by atoms with Crippen molar-refractivity contribution in [3.05, 3.63) is 59.7 Å². The number of hydrogen-bond acceptors (Lipinski definition) is 4. The minimum absolute atomic E-state index is 0.217. The van der Waals surface area contributed by atoms with Crippen LogP contribution in [0.5, 0.6) is 0 Å². The standard InChI is InChI=1S/C17H17N3O2/c1-22-11-10-19-15-4-2-3-5-16(15)20-17(21)14-8-6-13(12-18)7-9-14/h2-9,19H,10-11H2,1H3,(H,20,21). The summed E-state index contributed by atoms with van der Waals surface area (Å²) in [5.41, 5.74) is 2.57. The van der Waals surface area contributed by atoms with Gasteiger partial charge >= 0.3 is 0 Å². The molecule has 22 heavy (non-hydrogen) atoms. The number of nitrogens with zero attached hydrogens (tertiary/aromatic N) is 1. The van der Waals surface area contributed by atoms with Crippen LogP contribution in [0.2, 0.25) is 0 Å². The molecule has 0 unspecified atom stereocenters. The predicted octanol–water partition coefficient (Wildman–Crippen LogP) is 2.87. The van der Waals surface area contributed by atoms with Gasteiger partial charge in [0.1, 0.15) is 0 Å². The van der Waals surface area contributed by atoms with Gasteiger partial charge in [-0.25, -0.2) is 0 Å². The van der Waals surface area contributed by atoms with Gasteiger partial charge in [-0.3, -0.25) is 4.79 Å². The maximum Gasteiger partial charge on any atom is 0.255 e. The van der Waals surface area contributed by atoms with E-state index in [0.29, 0.717) is 30.0 Å². The Hall–Kier alpha value is -2.84. The van der Waals surface area contributed by atoms with Crippen molar-refractivity contribution in [3.8, 4) is 6.07 Å². The molecule has 0 bridgehead atoms. The average molecular weight is 295 g/mol. The van der Waals surface area contributed by atoms with Crippen LogP contribution in [0, 0.1) is 11.3 Å². The Kier molecular flexibility index (Phi) is 5.52. The Labute approximate surface area is 129 Å². The summed E-state index contributed by atoms with van der Waals surface area (Å²) in [6.45, 7) is 1.23. The molecule has 2 rings (SSSR count). The van der Waals surface area contributed by atoms with Gasteiger partial charge in [0.2, 0.25) is 0 Å². The Morgan fingerprint density at radius 2 is 1.82 bits per heavy atom. The van der Waals surface area contributed by atoms with Gasteiger partial charge in [0.25, 0.3) is 5.91 Å². The van der Waals surface area contributed by atoms with E-state index in [1.54, 1.807) is 31.4 Å². The van der Waals surface area contributed by atoms with Crippen LogP contribution in [0.25, 0.3) is 0 Å². The molecule has 1 amide bonds. The van der Waals surface area contributed by atoms with Gasteiger partial charge in [-0.15, -0.1) is 0 Å². The highest BCUT2D eigenvalue weighted by atomic mass is 16.5. The van der Waals surface area contributed by atoms with Crippen molar-refractivity contribution in [2.75, 3.05) is 30.9 Å². The molecule has 112 valence electrons. The summed E-state index contributed by atoms with van der Waals surface area (Å²) in [6, 6.07) is 16.0. The summed E-state index contributed by atoms with van der Waals surface area (Å²) < 4.78 is 5.00. The molecule has 0 aromatic heterocycles. The lowest BCUT2D eigenvalue weighted by Gasteiger charge is -2.12. The third-order valence-corrected chi connectivity index (χ3v) is 3.07. The van der Waals surface area contributed by atoms with Crippen LogP contribution < -0.4 is 10.6 Å². The van der Waals surface area contributed by atoms with Crippen LogP contribution in [0.15, 0.2) is 48.5 Å². The lowest BCUT2D eigenvalue weighted by atomic mass is 10.1. The molecule has 0 aliphatic rings. The molecular weight excluding hydrogens is 278 g/mol. The van der Waals surface area contributed by atoms with E-state index in [-0.39, 0.29) is 5.91 Å². The van der Waals surface area contributed by atoms with Crippen LogP contribution in [-0.2, 0) is 4.74 Å². The van der Waals surface area contributed by atoms with Crippen LogP contribution in [-0.4, -0.2) is 26.2 Å². The molecule has 5 nitrogen and oxygen atoms in total. The average Bonchev–Trinajstić information content (AvgIpc) is 2.56. The third-order valence-electron chi connectivity index (χ3n) is 3.07. The number of nitriles is 1. The van der Waals surface area contributed by atoms with Gasteiger partial charge in [0.05, 0.1) is 29.6 Å². The number of amides is 1. The molecule has 0 aliphatic carbocycles. The first-order valence-corrected chi connectivity index (χ1v) is 6.88. The number of benzene rings is 2. The summed E-state index contributed by atoms with van der Waals surface area (Å²) in [7, 11) is 1.64. The fourth-order valence-corrected chi connectivity index (χ4v) is 1.92. The molecule has 0 aliphatic heterocycles. The molecule has 0 heterocycles. The molecule has 2 aromatic carbocycles. The Morgan fingerprint density at radius 1 is 1.14 bits per heavy atom. The number of nitrogens with one attached hydrogen (secondary N) is 2. The first-order valence-electron chi connectivity index (χ1n) is 6.88. The lowest BCUT2D eigenvalue weighted by molar-refractivity contribution is 0.102. The number of carbonyl (C=O) groups is 1.